The quantitative estimate of drug-likeness (QED) is 0.586. The molecule has 0 heterocycles. The first-order valence-corrected chi connectivity index (χ1v) is 7.68. The van der Waals surface area contributed by atoms with Crippen molar-refractivity contribution in [3.05, 3.63) is 29.8 Å². The molecule has 1 aliphatic carbocycles. The molecule has 0 atom stereocenters. The van der Waals surface area contributed by atoms with Gasteiger partial charge in [-0.05, 0) is 44.2 Å². The normalized spacial score (nSPS) is 14.5. The number of benzene rings is 1. The van der Waals surface area contributed by atoms with Crippen LogP contribution in [0.4, 0.5) is 0 Å². The average molecular weight is 264 g/mol. The van der Waals surface area contributed by atoms with Crippen LogP contribution in [0.25, 0.3) is 0 Å². The molecule has 2 N–H and O–H groups in total. The number of hydrogen-bond donors (Lipinski definition) is 2. The molecule has 1 amide bonds. The molecule has 18 heavy (non-hydrogen) atoms. The van der Waals surface area contributed by atoms with Gasteiger partial charge in [0.05, 0.1) is 5.56 Å². The molecule has 0 bridgehead atoms. The van der Waals surface area contributed by atoms with Crippen molar-refractivity contribution in [1.29, 1.82) is 0 Å². The maximum Gasteiger partial charge on any atom is 0.252 e. The molecule has 1 saturated carbocycles. The second-order valence-corrected chi connectivity index (χ2v) is 5.39. The summed E-state index contributed by atoms with van der Waals surface area (Å²) in [5.74, 6) is 0.0337. The third-order valence-electron chi connectivity index (χ3n) is 3.00. The highest BCUT2D eigenvalue weighted by molar-refractivity contribution is 7.98. The van der Waals surface area contributed by atoms with E-state index < -0.39 is 0 Å². The molecule has 0 aromatic heterocycles. The number of carbonyl (C=O) groups is 1. The van der Waals surface area contributed by atoms with Gasteiger partial charge in [-0.3, -0.25) is 4.79 Å². The Morgan fingerprint density at radius 3 is 2.83 bits per heavy atom. The average Bonchev–Trinajstić information content (AvgIpc) is 3.22. The fourth-order valence-corrected chi connectivity index (χ4v) is 2.41. The Morgan fingerprint density at radius 1 is 1.33 bits per heavy atom. The van der Waals surface area contributed by atoms with Crippen LogP contribution in [0.2, 0.25) is 0 Å². The molecule has 1 aromatic rings. The van der Waals surface area contributed by atoms with E-state index in [1.807, 2.05) is 30.5 Å². The molecule has 0 spiro atoms. The molecule has 0 unspecified atom stereocenters. The Morgan fingerprint density at radius 2 is 2.11 bits per heavy atom. The maximum absolute atomic E-state index is 12.0. The number of hydrogen-bond acceptors (Lipinski definition) is 3. The highest BCUT2D eigenvalue weighted by atomic mass is 32.2. The van der Waals surface area contributed by atoms with Crippen LogP contribution < -0.4 is 10.6 Å². The molecular formula is C14H20N2OS. The summed E-state index contributed by atoms with van der Waals surface area (Å²) in [6.07, 6.45) is 5.61. The minimum atomic E-state index is 0.0337. The van der Waals surface area contributed by atoms with Gasteiger partial charge in [-0.2, -0.15) is 0 Å². The lowest BCUT2D eigenvalue weighted by molar-refractivity contribution is 0.0950. The van der Waals surface area contributed by atoms with Crippen molar-refractivity contribution in [3.63, 3.8) is 0 Å². The van der Waals surface area contributed by atoms with Crippen LogP contribution in [0.15, 0.2) is 29.2 Å². The zero-order valence-corrected chi connectivity index (χ0v) is 11.6. The fourth-order valence-electron chi connectivity index (χ4n) is 1.81. The van der Waals surface area contributed by atoms with Gasteiger partial charge in [-0.1, -0.05) is 12.1 Å². The Hall–Kier alpha value is -1.00. The Kier molecular flexibility index (Phi) is 5.08. The third kappa shape index (κ3) is 4.03. The van der Waals surface area contributed by atoms with Crippen LogP contribution >= 0.6 is 11.8 Å². The van der Waals surface area contributed by atoms with E-state index >= 15 is 0 Å². The zero-order valence-electron chi connectivity index (χ0n) is 10.7. The van der Waals surface area contributed by atoms with Crippen LogP contribution in [-0.2, 0) is 0 Å². The molecule has 0 aliphatic heterocycles. The summed E-state index contributed by atoms with van der Waals surface area (Å²) < 4.78 is 0. The number of thioether (sulfide) groups is 1. The summed E-state index contributed by atoms with van der Waals surface area (Å²) in [6, 6.07) is 8.47. The smallest absolute Gasteiger partial charge is 0.252 e. The van der Waals surface area contributed by atoms with Crippen molar-refractivity contribution in [1.82, 2.24) is 10.6 Å². The summed E-state index contributed by atoms with van der Waals surface area (Å²) in [7, 11) is 0. The second-order valence-electron chi connectivity index (χ2n) is 4.54. The van der Waals surface area contributed by atoms with E-state index in [0.29, 0.717) is 0 Å². The third-order valence-corrected chi connectivity index (χ3v) is 3.80. The van der Waals surface area contributed by atoms with Gasteiger partial charge in [0.1, 0.15) is 0 Å². The molecule has 1 aliphatic rings. The van der Waals surface area contributed by atoms with E-state index in [1.165, 1.54) is 12.8 Å². The number of nitrogens with one attached hydrogen (secondary N) is 2. The molecule has 2 rings (SSSR count). The molecule has 98 valence electrons. The van der Waals surface area contributed by atoms with E-state index in [2.05, 4.69) is 10.6 Å². The first-order valence-electron chi connectivity index (χ1n) is 6.46. The van der Waals surface area contributed by atoms with Crippen molar-refractivity contribution in [2.45, 2.75) is 30.2 Å². The molecule has 4 heteroatoms. The molecular weight excluding hydrogens is 244 g/mol. The van der Waals surface area contributed by atoms with E-state index in [9.17, 15) is 4.79 Å². The second kappa shape index (κ2) is 6.81. The van der Waals surface area contributed by atoms with Gasteiger partial charge < -0.3 is 10.6 Å². The largest absolute Gasteiger partial charge is 0.352 e. The minimum absolute atomic E-state index is 0.0337. The SMILES string of the molecule is CSc1ccccc1C(=O)NCCCNC1CC1. The van der Waals surface area contributed by atoms with Crippen molar-refractivity contribution in [2.24, 2.45) is 0 Å². The fraction of sp³-hybridized carbons (Fsp3) is 0.500. The summed E-state index contributed by atoms with van der Waals surface area (Å²) >= 11 is 1.61. The number of carbonyl (C=O) groups excluding carboxylic acids is 1. The summed E-state index contributed by atoms with van der Waals surface area (Å²) in [5, 5.41) is 6.41. The van der Waals surface area contributed by atoms with Crippen molar-refractivity contribution >= 4 is 17.7 Å². The minimum Gasteiger partial charge on any atom is -0.352 e. The van der Waals surface area contributed by atoms with Gasteiger partial charge in [0.2, 0.25) is 0 Å². The first kappa shape index (κ1) is 13.4. The van der Waals surface area contributed by atoms with Gasteiger partial charge >= 0.3 is 0 Å². The van der Waals surface area contributed by atoms with Crippen molar-refractivity contribution < 1.29 is 4.79 Å². The predicted molar refractivity (Wildman–Crippen MR) is 76.2 cm³/mol. The first-order chi connectivity index (χ1) is 8.81. The lowest BCUT2D eigenvalue weighted by Crippen LogP contribution is -2.28. The van der Waals surface area contributed by atoms with Crippen LogP contribution in [0, 0.1) is 0 Å². The highest BCUT2D eigenvalue weighted by Gasteiger charge is 2.19. The lowest BCUT2D eigenvalue weighted by Gasteiger charge is -2.08. The Bertz CT molecular complexity index is 405. The van der Waals surface area contributed by atoms with Crippen LogP contribution in [0.3, 0.4) is 0 Å². The molecule has 3 nitrogen and oxygen atoms in total. The maximum atomic E-state index is 12.0. The van der Waals surface area contributed by atoms with E-state index in [-0.39, 0.29) is 5.91 Å². The zero-order chi connectivity index (χ0) is 12.8. The highest BCUT2D eigenvalue weighted by Crippen LogP contribution is 2.19. The van der Waals surface area contributed by atoms with Gasteiger partial charge in [0.15, 0.2) is 0 Å². The Balaban J connectivity index is 1.72. The predicted octanol–water partition coefficient (Wildman–Crippen LogP) is 2.28. The van der Waals surface area contributed by atoms with Crippen LogP contribution in [-0.4, -0.2) is 31.3 Å². The topological polar surface area (TPSA) is 41.1 Å². The Labute approximate surface area is 113 Å². The monoisotopic (exact) mass is 264 g/mol. The number of amides is 1. The standard InChI is InChI=1S/C14H20N2OS/c1-18-13-6-3-2-5-12(13)14(17)16-10-4-9-15-11-7-8-11/h2-3,5-6,11,15H,4,7-10H2,1H3,(H,16,17). The lowest BCUT2D eigenvalue weighted by atomic mass is 10.2. The van der Waals surface area contributed by atoms with Crippen molar-refractivity contribution in [2.75, 3.05) is 19.3 Å². The van der Waals surface area contributed by atoms with Crippen LogP contribution in [0.5, 0.6) is 0 Å². The van der Waals surface area contributed by atoms with Crippen molar-refractivity contribution in [3.8, 4) is 0 Å². The summed E-state index contributed by atoms with van der Waals surface area (Å²) in [4.78, 5) is 13.0. The summed E-state index contributed by atoms with van der Waals surface area (Å²) in [6.45, 7) is 1.73. The van der Waals surface area contributed by atoms with Gasteiger partial charge in [-0.25, -0.2) is 0 Å². The molecule has 1 aromatic carbocycles. The molecule has 0 radical (unpaired) electrons. The van der Waals surface area contributed by atoms with Gasteiger partial charge in [0, 0.05) is 17.5 Å². The van der Waals surface area contributed by atoms with E-state index in [4.69, 9.17) is 0 Å². The van der Waals surface area contributed by atoms with Gasteiger partial charge in [-0.15, -0.1) is 11.8 Å². The van der Waals surface area contributed by atoms with Crippen LogP contribution in [0.1, 0.15) is 29.6 Å². The molecule has 0 saturated heterocycles. The number of rotatable bonds is 7. The van der Waals surface area contributed by atoms with E-state index in [1.54, 1.807) is 11.8 Å². The van der Waals surface area contributed by atoms with E-state index in [0.717, 1.165) is 36.0 Å². The molecule has 1 fully saturated rings. The summed E-state index contributed by atoms with van der Waals surface area (Å²) in [5.41, 5.74) is 0.778. The van der Waals surface area contributed by atoms with Gasteiger partial charge in [0.25, 0.3) is 5.91 Å².